The SMILES string of the molecule is O=C(NCc1cccnc1)c1ccc2c(c1)ncn2-c1cccc(-c2nccs2)c1. The lowest BCUT2D eigenvalue weighted by Gasteiger charge is -2.07. The summed E-state index contributed by atoms with van der Waals surface area (Å²) in [6.45, 7) is 0.433. The van der Waals surface area contributed by atoms with Crippen LogP contribution in [-0.4, -0.2) is 25.4 Å². The smallest absolute Gasteiger partial charge is 0.251 e. The first-order valence-electron chi connectivity index (χ1n) is 9.42. The quantitative estimate of drug-likeness (QED) is 0.463. The van der Waals surface area contributed by atoms with E-state index in [1.54, 1.807) is 36.3 Å². The van der Waals surface area contributed by atoms with Gasteiger partial charge in [0.15, 0.2) is 0 Å². The Bertz CT molecular complexity index is 1310. The highest BCUT2D eigenvalue weighted by Gasteiger charge is 2.11. The molecule has 0 atom stereocenters. The average Bonchev–Trinajstić information content (AvgIpc) is 3.48. The van der Waals surface area contributed by atoms with Gasteiger partial charge < -0.3 is 5.32 Å². The number of hydrogen-bond donors (Lipinski definition) is 1. The van der Waals surface area contributed by atoms with Crippen molar-refractivity contribution in [2.24, 2.45) is 0 Å². The molecule has 0 aliphatic carbocycles. The maximum atomic E-state index is 12.5. The van der Waals surface area contributed by atoms with Gasteiger partial charge in [0.2, 0.25) is 0 Å². The molecule has 0 aliphatic rings. The molecule has 1 N–H and O–H groups in total. The van der Waals surface area contributed by atoms with Crippen molar-refractivity contribution in [2.45, 2.75) is 6.54 Å². The third kappa shape index (κ3) is 3.58. The number of rotatable bonds is 5. The Morgan fingerprint density at radius 3 is 2.83 bits per heavy atom. The fraction of sp³-hybridized carbons (Fsp3) is 0.0435. The van der Waals surface area contributed by atoms with Crippen LogP contribution in [0.25, 0.3) is 27.3 Å². The Morgan fingerprint density at radius 2 is 2.00 bits per heavy atom. The van der Waals surface area contributed by atoms with Crippen LogP contribution in [0.1, 0.15) is 15.9 Å². The molecule has 0 saturated heterocycles. The summed E-state index contributed by atoms with van der Waals surface area (Å²) in [6, 6.07) is 17.5. The standard InChI is InChI=1S/C23H17N5OS/c29-22(26-14-16-3-2-8-24-13-16)17-6-7-21-20(12-17)27-15-28(21)19-5-1-4-18(11-19)23-25-9-10-30-23/h1-13,15H,14H2,(H,26,29). The molecule has 2 aromatic carbocycles. The number of hydrogen-bond acceptors (Lipinski definition) is 5. The number of carbonyl (C=O) groups excluding carboxylic acids is 1. The van der Waals surface area contributed by atoms with E-state index in [0.717, 1.165) is 32.9 Å². The summed E-state index contributed by atoms with van der Waals surface area (Å²) in [5.74, 6) is -0.138. The van der Waals surface area contributed by atoms with Crippen LogP contribution >= 0.6 is 11.3 Å². The second-order valence-electron chi connectivity index (χ2n) is 6.75. The van der Waals surface area contributed by atoms with Crippen LogP contribution in [0.5, 0.6) is 0 Å². The van der Waals surface area contributed by atoms with Crippen molar-refractivity contribution in [1.29, 1.82) is 0 Å². The zero-order valence-electron chi connectivity index (χ0n) is 15.9. The van der Waals surface area contributed by atoms with Gasteiger partial charge in [0.1, 0.15) is 11.3 Å². The molecule has 0 unspecified atom stereocenters. The van der Waals surface area contributed by atoms with Gasteiger partial charge in [0.25, 0.3) is 5.91 Å². The summed E-state index contributed by atoms with van der Waals surface area (Å²) in [6.07, 6.45) is 7.04. The van der Waals surface area contributed by atoms with E-state index in [9.17, 15) is 4.79 Å². The van der Waals surface area contributed by atoms with Gasteiger partial charge in [0, 0.05) is 47.3 Å². The number of pyridine rings is 1. The third-order valence-corrected chi connectivity index (χ3v) is 5.61. The van der Waals surface area contributed by atoms with Gasteiger partial charge in [-0.05, 0) is 42.0 Å². The summed E-state index contributed by atoms with van der Waals surface area (Å²) in [4.78, 5) is 25.5. The minimum atomic E-state index is -0.138. The van der Waals surface area contributed by atoms with Crippen LogP contribution in [0.4, 0.5) is 0 Å². The van der Waals surface area contributed by atoms with Crippen molar-refractivity contribution in [2.75, 3.05) is 0 Å². The Hall–Kier alpha value is -3.84. The Balaban J connectivity index is 1.40. The second-order valence-corrected chi connectivity index (χ2v) is 7.64. The maximum Gasteiger partial charge on any atom is 0.251 e. The number of nitrogens with one attached hydrogen (secondary N) is 1. The number of imidazole rings is 1. The van der Waals surface area contributed by atoms with Crippen LogP contribution in [-0.2, 0) is 6.54 Å². The molecule has 1 amide bonds. The molecule has 3 heterocycles. The molecule has 6 nitrogen and oxygen atoms in total. The first-order valence-corrected chi connectivity index (χ1v) is 10.3. The molecule has 0 fully saturated rings. The van der Waals surface area contributed by atoms with E-state index in [4.69, 9.17) is 0 Å². The van der Waals surface area contributed by atoms with Gasteiger partial charge in [-0.1, -0.05) is 18.2 Å². The Morgan fingerprint density at radius 1 is 1.03 bits per heavy atom. The van der Waals surface area contributed by atoms with Crippen molar-refractivity contribution < 1.29 is 4.79 Å². The lowest BCUT2D eigenvalue weighted by molar-refractivity contribution is 0.0951. The first kappa shape index (κ1) is 18.2. The minimum absolute atomic E-state index is 0.138. The van der Waals surface area contributed by atoms with Crippen molar-refractivity contribution in [1.82, 2.24) is 24.8 Å². The number of thiazole rings is 1. The maximum absolute atomic E-state index is 12.5. The number of amides is 1. The van der Waals surface area contributed by atoms with E-state index in [1.807, 2.05) is 58.5 Å². The highest BCUT2D eigenvalue weighted by atomic mass is 32.1. The molecular weight excluding hydrogens is 394 g/mol. The predicted molar refractivity (Wildman–Crippen MR) is 118 cm³/mol. The highest BCUT2D eigenvalue weighted by molar-refractivity contribution is 7.13. The monoisotopic (exact) mass is 411 g/mol. The Kier molecular flexibility index (Phi) is 4.78. The van der Waals surface area contributed by atoms with Gasteiger partial charge in [0.05, 0.1) is 11.0 Å². The molecule has 0 spiro atoms. The molecule has 7 heteroatoms. The van der Waals surface area contributed by atoms with Crippen LogP contribution in [0.3, 0.4) is 0 Å². The van der Waals surface area contributed by atoms with E-state index < -0.39 is 0 Å². The molecule has 30 heavy (non-hydrogen) atoms. The molecule has 5 rings (SSSR count). The fourth-order valence-corrected chi connectivity index (χ4v) is 3.94. The first-order chi connectivity index (χ1) is 14.8. The molecule has 0 saturated carbocycles. The lowest BCUT2D eigenvalue weighted by Crippen LogP contribution is -2.22. The number of fused-ring (bicyclic) bond motifs is 1. The summed E-state index contributed by atoms with van der Waals surface area (Å²) >= 11 is 1.61. The van der Waals surface area contributed by atoms with E-state index in [-0.39, 0.29) is 5.91 Å². The van der Waals surface area contributed by atoms with Crippen molar-refractivity contribution >= 4 is 28.3 Å². The van der Waals surface area contributed by atoms with Crippen molar-refractivity contribution in [3.8, 4) is 16.3 Å². The molecule has 5 aromatic rings. The minimum Gasteiger partial charge on any atom is -0.348 e. The third-order valence-electron chi connectivity index (χ3n) is 4.79. The van der Waals surface area contributed by atoms with Gasteiger partial charge in [-0.15, -0.1) is 11.3 Å². The van der Waals surface area contributed by atoms with Gasteiger partial charge in [-0.3, -0.25) is 14.3 Å². The molecular formula is C23H17N5OS. The molecule has 0 radical (unpaired) electrons. The normalized spacial score (nSPS) is 10.9. The summed E-state index contributed by atoms with van der Waals surface area (Å²) in [5.41, 5.74) is 5.30. The van der Waals surface area contributed by atoms with Crippen LogP contribution < -0.4 is 5.32 Å². The van der Waals surface area contributed by atoms with Gasteiger partial charge in [-0.25, -0.2) is 9.97 Å². The number of nitrogens with zero attached hydrogens (tertiary/aromatic N) is 4. The van der Waals surface area contributed by atoms with Crippen LogP contribution in [0.2, 0.25) is 0 Å². The van der Waals surface area contributed by atoms with Crippen LogP contribution in [0, 0.1) is 0 Å². The van der Waals surface area contributed by atoms with Gasteiger partial charge in [-0.2, -0.15) is 0 Å². The van der Waals surface area contributed by atoms with Crippen molar-refractivity contribution in [3.05, 3.63) is 96.0 Å². The molecule has 0 aliphatic heterocycles. The molecule has 3 aromatic heterocycles. The van der Waals surface area contributed by atoms with E-state index in [1.165, 1.54) is 0 Å². The number of aromatic nitrogens is 4. The van der Waals surface area contributed by atoms with Gasteiger partial charge >= 0.3 is 0 Å². The highest BCUT2D eigenvalue weighted by Crippen LogP contribution is 2.26. The second kappa shape index (κ2) is 7.88. The zero-order valence-corrected chi connectivity index (χ0v) is 16.7. The predicted octanol–water partition coefficient (Wildman–Crippen LogP) is 4.47. The Labute approximate surface area is 176 Å². The number of carbonyl (C=O) groups is 1. The van der Waals surface area contributed by atoms with Crippen LogP contribution in [0.15, 0.2) is 84.9 Å². The summed E-state index contributed by atoms with van der Waals surface area (Å²) < 4.78 is 2.02. The zero-order chi connectivity index (χ0) is 20.3. The molecule has 146 valence electrons. The molecule has 0 bridgehead atoms. The summed E-state index contributed by atoms with van der Waals surface area (Å²) in [7, 11) is 0. The largest absolute Gasteiger partial charge is 0.348 e. The van der Waals surface area contributed by atoms with Crippen molar-refractivity contribution in [3.63, 3.8) is 0 Å². The topological polar surface area (TPSA) is 72.7 Å². The fourth-order valence-electron chi connectivity index (χ4n) is 3.30. The summed E-state index contributed by atoms with van der Waals surface area (Å²) in [5, 5.41) is 5.87. The van der Waals surface area contributed by atoms with E-state index in [2.05, 4.69) is 26.3 Å². The average molecular weight is 411 g/mol. The number of benzene rings is 2. The van der Waals surface area contributed by atoms with E-state index in [0.29, 0.717) is 12.1 Å². The van der Waals surface area contributed by atoms with E-state index >= 15 is 0 Å². The lowest BCUT2D eigenvalue weighted by atomic mass is 10.1.